The molecule has 0 atom stereocenters. The number of likely N-dealkylation sites (tertiary alicyclic amines) is 1. The van der Waals surface area contributed by atoms with Crippen molar-refractivity contribution in [2.24, 2.45) is 0 Å². The van der Waals surface area contributed by atoms with Crippen molar-refractivity contribution < 1.29 is 24.5 Å². The van der Waals surface area contributed by atoms with Crippen LogP contribution in [-0.2, 0) is 9.53 Å². The zero-order valence-electron chi connectivity index (χ0n) is 10.1. The van der Waals surface area contributed by atoms with Gasteiger partial charge in [0.1, 0.15) is 6.61 Å². The lowest BCUT2D eigenvalue weighted by Gasteiger charge is -2.46. The molecule has 1 saturated heterocycles. The van der Waals surface area contributed by atoms with Crippen molar-refractivity contribution in [1.29, 1.82) is 0 Å². The Balaban J connectivity index is 2.43. The minimum atomic E-state index is -1.12. The lowest BCUT2D eigenvalue weighted by atomic mass is 9.90. The van der Waals surface area contributed by atoms with Crippen molar-refractivity contribution in [2.75, 3.05) is 32.8 Å². The average Bonchev–Trinajstić information content (AvgIpc) is 2.28. The van der Waals surface area contributed by atoms with Crippen LogP contribution in [0.1, 0.15) is 6.42 Å². The first-order chi connectivity index (χ1) is 8.55. The smallest absolute Gasteiger partial charge is 0.410 e. The number of hydrogen-bond donors (Lipinski definition) is 3. The molecule has 0 saturated carbocycles. The predicted octanol–water partition coefficient (Wildman–Crippen LogP) is -0.580. The average molecular weight is 258 g/mol. The summed E-state index contributed by atoms with van der Waals surface area (Å²) in [5.74, 6) is -1.01. The number of carbonyl (C=O) groups is 2. The second-order valence-corrected chi connectivity index (χ2v) is 4.11. The van der Waals surface area contributed by atoms with E-state index in [4.69, 9.17) is 14.9 Å². The van der Waals surface area contributed by atoms with Crippen LogP contribution in [0, 0.1) is 0 Å². The van der Waals surface area contributed by atoms with Gasteiger partial charge in [-0.3, -0.25) is 10.1 Å². The summed E-state index contributed by atoms with van der Waals surface area (Å²) in [4.78, 5) is 23.9. The number of aliphatic hydroxyl groups excluding tert-OH is 1. The highest BCUT2D eigenvalue weighted by atomic mass is 16.6. The summed E-state index contributed by atoms with van der Waals surface area (Å²) in [7, 11) is 0. The summed E-state index contributed by atoms with van der Waals surface area (Å²) < 4.78 is 4.80. The Kier molecular flexibility index (Phi) is 5.11. The van der Waals surface area contributed by atoms with Crippen LogP contribution >= 0.6 is 0 Å². The summed E-state index contributed by atoms with van der Waals surface area (Å²) >= 11 is 0. The molecule has 1 aliphatic heterocycles. The Morgan fingerprint density at radius 3 is 2.67 bits per heavy atom. The van der Waals surface area contributed by atoms with E-state index in [1.165, 1.54) is 11.0 Å². The molecule has 7 nitrogen and oxygen atoms in total. The van der Waals surface area contributed by atoms with Gasteiger partial charge in [-0.1, -0.05) is 12.7 Å². The van der Waals surface area contributed by atoms with E-state index in [0.29, 0.717) is 13.0 Å². The molecule has 0 aromatic heterocycles. The fourth-order valence-electron chi connectivity index (χ4n) is 1.69. The lowest BCUT2D eigenvalue weighted by Crippen LogP contribution is -2.74. The summed E-state index contributed by atoms with van der Waals surface area (Å²) in [5, 5.41) is 20.6. The van der Waals surface area contributed by atoms with Gasteiger partial charge in [-0.15, -0.1) is 0 Å². The van der Waals surface area contributed by atoms with Crippen LogP contribution in [0.4, 0.5) is 4.79 Å². The van der Waals surface area contributed by atoms with Gasteiger partial charge in [-0.2, -0.15) is 0 Å². The number of amides is 1. The van der Waals surface area contributed by atoms with E-state index in [2.05, 4.69) is 11.9 Å². The molecule has 0 aromatic carbocycles. The van der Waals surface area contributed by atoms with E-state index in [1.54, 1.807) is 0 Å². The maximum Gasteiger partial charge on any atom is 0.410 e. The first-order valence-corrected chi connectivity index (χ1v) is 5.67. The lowest BCUT2D eigenvalue weighted by molar-refractivity contribution is -0.151. The Labute approximate surface area is 105 Å². The van der Waals surface area contributed by atoms with Gasteiger partial charge in [-0.25, -0.2) is 4.79 Å². The number of aliphatic hydroxyl groups is 1. The number of aliphatic carboxylic acids is 1. The highest BCUT2D eigenvalue weighted by Crippen LogP contribution is 2.22. The molecule has 1 aliphatic rings. The van der Waals surface area contributed by atoms with Crippen molar-refractivity contribution in [3.8, 4) is 0 Å². The molecule has 18 heavy (non-hydrogen) atoms. The summed E-state index contributed by atoms with van der Waals surface area (Å²) in [5.41, 5.74) is -1.12. The largest absolute Gasteiger partial charge is 0.480 e. The molecule has 0 radical (unpaired) electrons. The number of nitrogens with zero attached hydrogens (tertiary/aromatic N) is 1. The summed E-state index contributed by atoms with van der Waals surface area (Å²) in [6.45, 7) is 4.02. The van der Waals surface area contributed by atoms with Crippen molar-refractivity contribution in [3.63, 3.8) is 0 Å². The SMILES string of the molecule is C=CCOC(=O)N1CC(NCCCO)(C(=O)O)C1. The molecular weight excluding hydrogens is 240 g/mol. The van der Waals surface area contributed by atoms with Crippen molar-refractivity contribution in [3.05, 3.63) is 12.7 Å². The molecule has 0 unspecified atom stereocenters. The van der Waals surface area contributed by atoms with Gasteiger partial charge in [-0.05, 0) is 13.0 Å². The number of ether oxygens (including phenoxy) is 1. The van der Waals surface area contributed by atoms with Gasteiger partial charge < -0.3 is 19.8 Å². The number of carboxylic acids is 1. The van der Waals surface area contributed by atoms with Crippen molar-refractivity contribution in [2.45, 2.75) is 12.0 Å². The van der Waals surface area contributed by atoms with Crippen LogP contribution in [0.5, 0.6) is 0 Å². The van der Waals surface area contributed by atoms with Crippen LogP contribution in [0.25, 0.3) is 0 Å². The van der Waals surface area contributed by atoms with Crippen LogP contribution < -0.4 is 5.32 Å². The van der Waals surface area contributed by atoms with Crippen molar-refractivity contribution in [1.82, 2.24) is 10.2 Å². The zero-order chi connectivity index (χ0) is 13.6. The van der Waals surface area contributed by atoms with E-state index in [1.807, 2.05) is 0 Å². The minimum absolute atomic E-state index is 0.00616. The van der Waals surface area contributed by atoms with Gasteiger partial charge in [0, 0.05) is 6.61 Å². The molecule has 1 fully saturated rings. The first kappa shape index (κ1) is 14.5. The maximum atomic E-state index is 11.4. The van der Waals surface area contributed by atoms with Crippen LogP contribution in [0.2, 0.25) is 0 Å². The fourth-order valence-corrected chi connectivity index (χ4v) is 1.69. The summed E-state index contributed by atoms with van der Waals surface area (Å²) in [6, 6.07) is 0. The number of nitrogens with one attached hydrogen (secondary N) is 1. The molecule has 1 heterocycles. The molecule has 1 rings (SSSR count). The van der Waals surface area contributed by atoms with E-state index >= 15 is 0 Å². The first-order valence-electron chi connectivity index (χ1n) is 5.67. The monoisotopic (exact) mass is 258 g/mol. The fraction of sp³-hybridized carbons (Fsp3) is 0.636. The Bertz CT molecular complexity index is 325. The predicted molar refractivity (Wildman–Crippen MR) is 63.2 cm³/mol. The second-order valence-electron chi connectivity index (χ2n) is 4.11. The molecule has 0 spiro atoms. The van der Waals surface area contributed by atoms with E-state index in [0.717, 1.165) is 0 Å². The number of carboxylic acid groups (broad SMARTS) is 1. The van der Waals surface area contributed by atoms with Crippen molar-refractivity contribution >= 4 is 12.1 Å². The highest BCUT2D eigenvalue weighted by molar-refractivity contribution is 5.84. The van der Waals surface area contributed by atoms with Crippen LogP contribution in [-0.4, -0.2) is 65.6 Å². The third-order valence-corrected chi connectivity index (χ3v) is 2.71. The number of rotatable bonds is 7. The van der Waals surface area contributed by atoms with Crippen LogP contribution in [0.3, 0.4) is 0 Å². The van der Waals surface area contributed by atoms with Gasteiger partial charge in [0.25, 0.3) is 0 Å². The molecular formula is C11H18N2O5. The number of hydrogen-bond acceptors (Lipinski definition) is 5. The quantitative estimate of drug-likeness (QED) is 0.417. The second kappa shape index (κ2) is 6.36. The Morgan fingerprint density at radius 2 is 2.17 bits per heavy atom. The van der Waals surface area contributed by atoms with Gasteiger partial charge in [0.15, 0.2) is 5.54 Å². The van der Waals surface area contributed by atoms with Crippen LogP contribution in [0.15, 0.2) is 12.7 Å². The number of carbonyl (C=O) groups excluding carboxylic acids is 1. The molecule has 1 amide bonds. The van der Waals surface area contributed by atoms with E-state index < -0.39 is 17.6 Å². The Hall–Kier alpha value is -1.60. The normalized spacial score (nSPS) is 16.8. The highest BCUT2D eigenvalue weighted by Gasteiger charge is 2.51. The molecule has 3 N–H and O–H groups in total. The standard InChI is InChI=1S/C11H18N2O5/c1-2-6-18-10(17)13-7-11(8-13,9(15)16)12-4-3-5-14/h2,12,14H,1,3-8H2,(H,15,16). The van der Waals surface area contributed by atoms with Gasteiger partial charge in [0.05, 0.1) is 13.1 Å². The van der Waals surface area contributed by atoms with E-state index in [9.17, 15) is 9.59 Å². The van der Waals surface area contributed by atoms with Gasteiger partial charge in [0.2, 0.25) is 0 Å². The zero-order valence-corrected chi connectivity index (χ0v) is 10.1. The molecule has 0 aromatic rings. The third-order valence-electron chi connectivity index (χ3n) is 2.71. The minimum Gasteiger partial charge on any atom is -0.480 e. The third kappa shape index (κ3) is 3.21. The molecule has 102 valence electrons. The topological polar surface area (TPSA) is 99.1 Å². The Morgan fingerprint density at radius 1 is 1.50 bits per heavy atom. The summed E-state index contributed by atoms with van der Waals surface area (Å²) in [6.07, 6.45) is 1.37. The molecule has 0 aliphatic carbocycles. The maximum absolute atomic E-state index is 11.4. The molecule has 0 bridgehead atoms. The van der Waals surface area contributed by atoms with Gasteiger partial charge >= 0.3 is 12.1 Å². The van der Waals surface area contributed by atoms with E-state index in [-0.39, 0.29) is 26.3 Å². The molecule has 7 heteroatoms.